The van der Waals surface area contributed by atoms with E-state index in [2.05, 4.69) is 13.8 Å². The Morgan fingerprint density at radius 3 is 2.00 bits per heavy atom. The normalized spacial score (nSPS) is 11.6. The molecule has 3 nitrogen and oxygen atoms in total. The Labute approximate surface area is 217 Å². The first-order valence-corrected chi connectivity index (χ1v) is 14.0. The molecule has 36 heavy (non-hydrogen) atoms. The summed E-state index contributed by atoms with van der Waals surface area (Å²) in [7, 11) is 0. The van der Waals surface area contributed by atoms with Crippen LogP contribution in [0.5, 0.6) is 5.75 Å². The molecule has 0 saturated heterocycles. The average Bonchev–Trinajstić information content (AvgIpc) is 2.88. The maximum absolute atomic E-state index is 14.4. The molecule has 1 N–H and O–H groups in total. The molecule has 0 heterocycles. The molecular formula is C32H45FO3. The number of rotatable bonds is 19. The van der Waals surface area contributed by atoms with Gasteiger partial charge < -0.3 is 9.84 Å². The van der Waals surface area contributed by atoms with Crippen LogP contribution in [0.1, 0.15) is 120 Å². The molecule has 0 aliphatic heterocycles. The molecule has 2 rings (SSSR count). The van der Waals surface area contributed by atoms with Crippen molar-refractivity contribution in [3.8, 4) is 16.9 Å². The zero-order valence-electron chi connectivity index (χ0n) is 22.4. The summed E-state index contributed by atoms with van der Waals surface area (Å²) in [6, 6.07) is 12.5. The molecular weight excluding hydrogens is 451 g/mol. The van der Waals surface area contributed by atoms with Crippen LogP contribution in [0.15, 0.2) is 48.3 Å². The molecule has 0 saturated carbocycles. The largest absolute Gasteiger partial charge is 0.494 e. The van der Waals surface area contributed by atoms with Gasteiger partial charge in [-0.05, 0) is 66.3 Å². The first-order chi connectivity index (χ1) is 17.5. The number of unbranched alkanes of at least 4 members (excludes halogenated alkanes) is 11. The van der Waals surface area contributed by atoms with Crippen LogP contribution < -0.4 is 4.74 Å². The number of carbonyl (C=O) groups is 1. The second kappa shape index (κ2) is 17.8. The summed E-state index contributed by atoms with van der Waals surface area (Å²) in [6.07, 6.45) is 17.4. The van der Waals surface area contributed by atoms with Gasteiger partial charge in [-0.15, -0.1) is 0 Å². The number of ether oxygens (including phenoxy) is 1. The lowest BCUT2D eigenvalue weighted by atomic mass is 9.96. The zero-order valence-corrected chi connectivity index (χ0v) is 22.4. The van der Waals surface area contributed by atoms with Crippen LogP contribution in [0.3, 0.4) is 0 Å². The number of carboxylic acid groups (broad SMARTS) is 1. The van der Waals surface area contributed by atoms with Crippen molar-refractivity contribution in [3.63, 3.8) is 0 Å². The predicted octanol–water partition coefficient (Wildman–Crippen LogP) is 10.2. The SMILES string of the molecule is CCCCCCCCCCOc1ccc(-c2cc(C=C(F)CCCCCCC)ccc2C(=O)O)cc1. The Morgan fingerprint density at radius 1 is 0.806 bits per heavy atom. The van der Waals surface area contributed by atoms with E-state index in [4.69, 9.17) is 4.74 Å². The number of hydrogen-bond acceptors (Lipinski definition) is 2. The van der Waals surface area contributed by atoms with Crippen LogP contribution in [0.25, 0.3) is 17.2 Å². The molecule has 2 aromatic rings. The standard InChI is InChI=1S/C32H45FO3/c1-3-5-7-9-10-11-13-15-23-36-29-20-18-27(19-21-29)31-25-26(17-22-30(31)32(34)35)24-28(33)16-14-12-8-6-4-2/h17-22,24-25H,3-16,23H2,1-2H3,(H,34,35). The Morgan fingerprint density at radius 2 is 1.39 bits per heavy atom. The van der Waals surface area contributed by atoms with E-state index in [-0.39, 0.29) is 11.4 Å². The Bertz CT molecular complexity index is 917. The van der Waals surface area contributed by atoms with Gasteiger partial charge in [0.1, 0.15) is 11.6 Å². The lowest BCUT2D eigenvalue weighted by Gasteiger charge is -2.10. The minimum absolute atomic E-state index is 0.162. The third-order valence-electron chi connectivity index (χ3n) is 6.55. The average molecular weight is 497 g/mol. The fourth-order valence-corrected chi connectivity index (χ4v) is 4.38. The zero-order chi connectivity index (χ0) is 26.0. The Kier molecular flexibility index (Phi) is 14.6. The fourth-order valence-electron chi connectivity index (χ4n) is 4.38. The summed E-state index contributed by atoms with van der Waals surface area (Å²) in [5.74, 6) is -0.374. The van der Waals surface area contributed by atoms with E-state index in [0.717, 1.165) is 37.0 Å². The van der Waals surface area contributed by atoms with Crippen LogP contribution in [0.4, 0.5) is 4.39 Å². The van der Waals surface area contributed by atoms with E-state index in [1.54, 1.807) is 18.2 Å². The lowest BCUT2D eigenvalue weighted by molar-refractivity contribution is 0.0697. The molecule has 0 unspecified atom stereocenters. The molecule has 0 radical (unpaired) electrons. The summed E-state index contributed by atoms with van der Waals surface area (Å²) >= 11 is 0. The second-order valence-corrected chi connectivity index (χ2v) is 9.71. The smallest absolute Gasteiger partial charge is 0.336 e. The van der Waals surface area contributed by atoms with Gasteiger partial charge in [0.15, 0.2) is 0 Å². The second-order valence-electron chi connectivity index (χ2n) is 9.71. The van der Waals surface area contributed by atoms with Gasteiger partial charge in [-0.3, -0.25) is 0 Å². The highest BCUT2D eigenvalue weighted by Crippen LogP contribution is 2.29. The monoisotopic (exact) mass is 496 g/mol. The molecule has 0 aliphatic rings. The summed E-state index contributed by atoms with van der Waals surface area (Å²) in [5, 5.41) is 9.67. The van der Waals surface area contributed by atoms with E-state index in [1.807, 2.05) is 24.3 Å². The molecule has 0 spiro atoms. The van der Waals surface area contributed by atoms with Crippen LogP contribution >= 0.6 is 0 Å². The van der Waals surface area contributed by atoms with Crippen LogP contribution in [-0.4, -0.2) is 17.7 Å². The Hall–Kier alpha value is -2.62. The molecule has 2 aromatic carbocycles. The first-order valence-electron chi connectivity index (χ1n) is 14.0. The molecule has 0 atom stereocenters. The molecule has 4 heteroatoms. The lowest BCUT2D eigenvalue weighted by Crippen LogP contribution is -2.00. The van der Waals surface area contributed by atoms with Crippen LogP contribution in [-0.2, 0) is 0 Å². The number of halogens is 1. The number of hydrogen-bond donors (Lipinski definition) is 1. The number of benzene rings is 2. The third-order valence-corrected chi connectivity index (χ3v) is 6.55. The van der Waals surface area contributed by atoms with Gasteiger partial charge in [-0.2, -0.15) is 0 Å². The highest BCUT2D eigenvalue weighted by Gasteiger charge is 2.13. The number of aromatic carboxylic acids is 1. The van der Waals surface area contributed by atoms with Gasteiger partial charge in [-0.1, -0.05) is 103 Å². The van der Waals surface area contributed by atoms with Crippen molar-refractivity contribution in [1.29, 1.82) is 0 Å². The maximum Gasteiger partial charge on any atom is 0.336 e. The van der Waals surface area contributed by atoms with Crippen molar-refractivity contribution in [1.82, 2.24) is 0 Å². The number of allylic oxidation sites excluding steroid dienone is 1. The number of carboxylic acids is 1. The van der Waals surface area contributed by atoms with Gasteiger partial charge in [-0.25, -0.2) is 9.18 Å². The minimum atomic E-state index is -0.994. The molecule has 0 aromatic heterocycles. The van der Waals surface area contributed by atoms with Gasteiger partial charge in [0.05, 0.1) is 12.2 Å². The van der Waals surface area contributed by atoms with Crippen LogP contribution in [0, 0.1) is 0 Å². The van der Waals surface area contributed by atoms with Crippen molar-refractivity contribution in [2.24, 2.45) is 0 Å². The quantitative estimate of drug-likeness (QED) is 0.197. The van der Waals surface area contributed by atoms with E-state index < -0.39 is 5.97 Å². The van der Waals surface area contributed by atoms with Crippen LogP contribution in [0.2, 0.25) is 0 Å². The van der Waals surface area contributed by atoms with Gasteiger partial charge >= 0.3 is 5.97 Å². The summed E-state index contributed by atoms with van der Waals surface area (Å²) < 4.78 is 20.3. The van der Waals surface area contributed by atoms with E-state index in [0.29, 0.717) is 24.2 Å². The molecule has 198 valence electrons. The maximum atomic E-state index is 14.4. The highest BCUT2D eigenvalue weighted by atomic mass is 19.1. The van der Waals surface area contributed by atoms with Crippen molar-refractivity contribution >= 4 is 12.0 Å². The van der Waals surface area contributed by atoms with E-state index >= 15 is 0 Å². The third kappa shape index (κ3) is 11.4. The summed E-state index contributed by atoms with van der Waals surface area (Å²) in [6.45, 7) is 5.09. The molecule has 0 bridgehead atoms. The Balaban J connectivity index is 1.92. The van der Waals surface area contributed by atoms with E-state index in [1.165, 1.54) is 63.9 Å². The van der Waals surface area contributed by atoms with Gasteiger partial charge in [0, 0.05) is 0 Å². The van der Waals surface area contributed by atoms with E-state index in [9.17, 15) is 14.3 Å². The van der Waals surface area contributed by atoms with Crippen molar-refractivity contribution in [2.45, 2.75) is 104 Å². The van der Waals surface area contributed by atoms with Gasteiger partial charge in [0.25, 0.3) is 0 Å². The predicted molar refractivity (Wildman–Crippen MR) is 149 cm³/mol. The highest BCUT2D eigenvalue weighted by molar-refractivity contribution is 5.96. The van der Waals surface area contributed by atoms with Crippen molar-refractivity contribution in [3.05, 3.63) is 59.4 Å². The van der Waals surface area contributed by atoms with Crippen molar-refractivity contribution < 1.29 is 19.0 Å². The minimum Gasteiger partial charge on any atom is -0.494 e. The molecule has 0 amide bonds. The summed E-state index contributed by atoms with van der Waals surface area (Å²) in [4.78, 5) is 11.8. The van der Waals surface area contributed by atoms with Gasteiger partial charge in [0.2, 0.25) is 0 Å². The fraction of sp³-hybridized carbons (Fsp3) is 0.531. The summed E-state index contributed by atoms with van der Waals surface area (Å²) in [5.41, 5.74) is 2.25. The van der Waals surface area contributed by atoms with Crippen molar-refractivity contribution in [2.75, 3.05) is 6.61 Å². The first kappa shape index (κ1) is 29.6. The molecule has 0 fully saturated rings. The topological polar surface area (TPSA) is 46.5 Å². The molecule has 0 aliphatic carbocycles.